The van der Waals surface area contributed by atoms with Gasteiger partial charge < -0.3 is 10.0 Å². The van der Waals surface area contributed by atoms with Gasteiger partial charge in [-0.2, -0.15) is 0 Å². The average Bonchev–Trinajstić information content (AvgIpc) is 3.31. The van der Waals surface area contributed by atoms with Crippen LogP contribution in [0.15, 0.2) is 0 Å². The highest BCUT2D eigenvalue weighted by Crippen LogP contribution is 2.45. The van der Waals surface area contributed by atoms with E-state index in [9.17, 15) is 14.7 Å². The number of rotatable bonds is 4. The fourth-order valence-corrected chi connectivity index (χ4v) is 4.60. The van der Waals surface area contributed by atoms with E-state index >= 15 is 0 Å². The first-order valence-electron chi connectivity index (χ1n) is 8.64. The van der Waals surface area contributed by atoms with E-state index < -0.39 is 12.0 Å². The molecule has 4 heteroatoms. The SMILES string of the molecule is CC(C(=O)O)N(C(=O)C1CCCC2CCCCC21)C1CC1. The Labute approximate surface area is 126 Å². The molecular formula is C17H27NO3. The minimum Gasteiger partial charge on any atom is -0.480 e. The standard InChI is InChI=1S/C17H27NO3/c1-11(17(20)21)18(13-9-10-13)16(19)15-8-4-6-12-5-2-3-7-14(12)15/h11-15H,2-10H2,1H3,(H,20,21). The van der Waals surface area contributed by atoms with Gasteiger partial charge in [0, 0.05) is 12.0 Å². The zero-order valence-electron chi connectivity index (χ0n) is 13.0. The van der Waals surface area contributed by atoms with Crippen molar-refractivity contribution in [3.05, 3.63) is 0 Å². The van der Waals surface area contributed by atoms with Crippen LogP contribution in [0.4, 0.5) is 0 Å². The molecule has 21 heavy (non-hydrogen) atoms. The van der Waals surface area contributed by atoms with E-state index in [2.05, 4.69) is 0 Å². The van der Waals surface area contributed by atoms with Crippen LogP contribution in [0.5, 0.6) is 0 Å². The number of nitrogens with zero attached hydrogens (tertiary/aromatic N) is 1. The molecule has 1 N–H and O–H groups in total. The van der Waals surface area contributed by atoms with Crippen molar-refractivity contribution in [2.24, 2.45) is 17.8 Å². The van der Waals surface area contributed by atoms with Crippen LogP contribution in [-0.4, -0.2) is 34.0 Å². The van der Waals surface area contributed by atoms with Crippen LogP contribution in [0.3, 0.4) is 0 Å². The van der Waals surface area contributed by atoms with Crippen LogP contribution in [0.25, 0.3) is 0 Å². The molecule has 0 aromatic rings. The molecule has 118 valence electrons. The molecule has 0 aliphatic heterocycles. The topological polar surface area (TPSA) is 57.6 Å². The number of carbonyl (C=O) groups is 2. The zero-order chi connectivity index (χ0) is 15.0. The maximum absolute atomic E-state index is 13.0. The summed E-state index contributed by atoms with van der Waals surface area (Å²) in [6.45, 7) is 1.67. The summed E-state index contributed by atoms with van der Waals surface area (Å²) in [5.74, 6) is 0.589. The lowest BCUT2D eigenvalue weighted by molar-refractivity contribution is -0.154. The first-order chi connectivity index (χ1) is 10.1. The van der Waals surface area contributed by atoms with E-state index in [-0.39, 0.29) is 17.9 Å². The normalized spacial score (nSPS) is 33.9. The summed E-state index contributed by atoms with van der Waals surface area (Å²) >= 11 is 0. The Balaban J connectivity index is 1.76. The molecule has 3 saturated carbocycles. The quantitative estimate of drug-likeness (QED) is 0.866. The van der Waals surface area contributed by atoms with Crippen molar-refractivity contribution in [2.45, 2.75) is 76.8 Å². The molecular weight excluding hydrogens is 266 g/mol. The predicted octanol–water partition coefficient (Wildman–Crippen LogP) is 3.06. The number of carboxylic acids is 1. The molecule has 4 unspecified atom stereocenters. The third-order valence-corrected chi connectivity index (χ3v) is 5.86. The van der Waals surface area contributed by atoms with Crippen molar-refractivity contribution in [1.29, 1.82) is 0 Å². The molecule has 0 spiro atoms. The number of aliphatic carboxylic acids is 1. The van der Waals surface area contributed by atoms with Gasteiger partial charge in [0.1, 0.15) is 6.04 Å². The predicted molar refractivity (Wildman–Crippen MR) is 79.8 cm³/mol. The minimum atomic E-state index is -0.869. The van der Waals surface area contributed by atoms with E-state index in [1.54, 1.807) is 11.8 Å². The van der Waals surface area contributed by atoms with Crippen LogP contribution in [0.1, 0.15) is 64.7 Å². The van der Waals surface area contributed by atoms with E-state index in [1.807, 2.05) is 0 Å². The Morgan fingerprint density at radius 3 is 2.33 bits per heavy atom. The molecule has 3 aliphatic carbocycles. The first kappa shape index (κ1) is 14.9. The molecule has 0 bridgehead atoms. The van der Waals surface area contributed by atoms with Crippen molar-refractivity contribution < 1.29 is 14.7 Å². The number of carboxylic acid groups (broad SMARTS) is 1. The molecule has 0 aromatic carbocycles. The Hall–Kier alpha value is -1.06. The molecule has 4 atom stereocenters. The fraction of sp³-hybridized carbons (Fsp3) is 0.882. The molecule has 4 nitrogen and oxygen atoms in total. The molecule has 0 aromatic heterocycles. The smallest absolute Gasteiger partial charge is 0.326 e. The number of amides is 1. The van der Waals surface area contributed by atoms with E-state index in [0.717, 1.165) is 25.7 Å². The van der Waals surface area contributed by atoms with Gasteiger partial charge in [0.05, 0.1) is 0 Å². The first-order valence-corrected chi connectivity index (χ1v) is 8.64. The molecule has 3 rings (SSSR count). The van der Waals surface area contributed by atoms with Crippen LogP contribution >= 0.6 is 0 Å². The van der Waals surface area contributed by atoms with Gasteiger partial charge in [-0.15, -0.1) is 0 Å². The fourth-order valence-electron chi connectivity index (χ4n) is 4.60. The summed E-state index contributed by atoms with van der Waals surface area (Å²) in [6, 6.07) is -0.485. The summed E-state index contributed by atoms with van der Waals surface area (Å²) in [4.78, 5) is 26.1. The summed E-state index contributed by atoms with van der Waals surface area (Å²) in [6.07, 6.45) is 10.3. The largest absolute Gasteiger partial charge is 0.480 e. The Morgan fingerprint density at radius 2 is 1.67 bits per heavy atom. The monoisotopic (exact) mass is 293 g/mol. The van der Waals surface area contributed by atoms with Crippen molar-refractivity contribution in [3.63, 3.8) is 0 Å². The lowest BCUT2D eigenvalue weighted by atomic mass is 9.65. The average molecular weight is 293 g/mol. The van der Waals surface area contributed by atoms with Gasteiger partial charge in [0.15, 0.2) is 0 Å². The maximum atomic E-state index is 13.0. The number of hydrogen-bond donors (Lipinski definition) is 1. The summed E-state index contributed by atoms with van der Waals surface area (Å²) in [5, 5.41) is 9.31. The van der Waals surface area contributed by atoms with Gasteiger partial charge >= 0.3 is 5.97 Å². The van der Waals surface area contributed by atoms with Crippen molar-refractivity contribution >= 4 is 11.9 Å². The number of hydrogen-bond acceptors (Lipinski definition) is 2. The van der Waals surface area contributed by atoms with Crippen LogP contribution in [0, 0.1) is 17.8 Å². The molecule has 3 fully saturated rings. The van der Waals surface area contributed by atoms with E-state index in [1.165, 1.54) is 32.1 Å². The lowest BCUT2D eigenvalue weighted by Crippen LogP contribution is -2.50. The van der Waals surface area contributed by atoms with Gasteiger partial charge in [0.2, 0.25) is 5.91 Å². The third kappa shape index (κ3) is 2.95. The van der Waals surface area contributed by atoms with Crippen molar-refractivity contribution in [2.75, 3.05) is 0 Å². The highest BCUT2D eigenvalue weighted by Gasteiger charge is 2.45. The second kappa shape index (κ2) is 5.98. The van der Waals surface area contributed by atoms with Crippen LogP contribution in [-0.2, 0) is 9.59 Å². The second-order valence-electron chi connectivity index (χ2n) is 7.24. The Bertz CT molecular complexity index is 416. The van der Waals surface area contributed by atoms with E-state index in [4.69, 9.17) is 0 Å². The highest BCUT2D eigenvalue weighted by atomic mass is 16.4. The molecule has 0 saturated heterocycles. The van der Waals surface area contributed by atoms with Crippen molar-refractivity contribution in [1.82, 2.24) is 4.90 Å². The number of carbonyl (C=O) groups excluding carboxylic acids is 1. The zero-order valence-corrected chi connectivity index (χ0v) is 13.0. The minimum absolute atomic E-state index is 0.0893. The van der Waals surface area contributed by atoms with Gasteiger partial charge in [0.25, 0.3) is 0 Å². The highest BCUT2D eigenvalue weighted by molar-refractivity contribution is 5.85. The number of fused-ring (bicyclic) bond motifs is 1. The van der Waals surface area contributed by atoms with Crippen LogP contribution < -0.4 is 0 Å². The van der Waals surface area contributed by atoms with Gasteiger partial charge in [-0.25, -0.2) is 4.79 Å². The molecule has 1 amide bonds. The lowest BCUT2D eigenvalue weighted by Gasteiger charge is -2.43. The molecule has 3 aliphatic rings. The Morgan fingerprint density at radius 1 is 1.00 bits per heavy atom. The molecule has 0 heterocycles. The summed E-state index contributed by atoms with van der Waals surface area (Å²) in [5.41, 5.74) is 0. The Kier molecular flexibility index (Phi) is 4.23. The van der Waals surface area contributed by atoms with Gasteiger partial charge in [-0.05, 0) is 44.4 Å². The summed E-state index contributed by atoms with van der Waals surface area (Å²) in [7, 11) is 0. The van der Waals surface area contributed by atoms with Gasteiger partial charge in [-0.3, -0.25) is 4.79 Å². The maximum Gasteiger partial charge on any atom is 0.326 e. The van der Waals surface area contributed by atoms with E-state index in [0.29, 0.717) is 11.8 Å². The molecule has 0 radical (unpaired) electrons. The second-order valence-corrected chi connectivity index (χ2v) is 7.24. The van der Waals surface area contributed by atoms with Crippen LogP contribution in [0.2, 0.25) is 0 Å². The summed E-state index contributed by atoms with van der Waals surface area (Å²) < 4.78 is 0. The third-order valence-electron chi connectivity index (χ3n) is 5.86. The van der Waals surface area contributed by atoms with Gasteiger partial charge in [-0.1, -0.05) is 32.1 Å². The van der Waals surface area contributed by atoms with Crippen molar-refractivity contribution in [3.8, 4) is 0 Å².